The van der Waals surface area contributed by atoms with Crippen molar-refractivity contribution in [2.45, 2.75) is 23.7 Å². The second kappa shape index (κ2) is 7.98. The fraction of sp³-hybridized carbons (Fsp3) is 0.130. The van der Waals surface area contributed by atoms with Gasteiger partial charge in [-0.15, -0.1) is 0 Å². The molecule has 3 aromatic carbocycles. The summed E-state index contributed by atoms with van der Waals surface area (Å²) in [6, 6.07) is 18.8. The molecule has 0 atom stereocenters. The van der Waals surface area contributed by atoms with E-state index in [0.29, 0.717) is 22.7 Å². The maximum absolute atomic E-state index is 13.7. The van der Waals surface area contributed by atoms with Crippen molar-refractivity contribution in [1.29, 1.82) is 5.26 Å². The molecule has 3 aromatic rings. The predicted molar refractivity (Wildman–Crippen MR) is 111 cm³/mol. The molecular formula is C23H17FN2O2S. The van der Waals surface area contributed by atoms with Gasteiger partial charge in [0.1, 0.15) is 5.82 Å². The highest BCUT2D eigenvalue weighted by atomic mass is 32.2. The van der Waals surface area contributed by atoms with Crippen LogP contribution in [0, 0.1) is 17.1 Å². The molecule has 144 valence electrons. The Morgan fingerprint density at radius 1 is 1.14 bits per heavy atom. The molecule has 4 rings (SSSR count). The van der Waals surface area contributed by atoms with Gasteiger partial charge in [0, 0.05) is 10.5 Å². The molecule has 0 aromatic heterocycles. The molecule has 1 aliphatic rings. The van der Waals surface area contributed by atoms with E-state index < -0.39 is 5.97 Å². The average Bonchev–Trinajstić information content (AvgIpc) is 3.57. The van der Waals surface area contributed by atoms with Gasteiger partial charge in [0.15, 0.2) is 0 Å². The van der Waals surface area contributed by atoms with Gasteiger partial charge in [-0.1, -0.05) is 24.3 Å². The molecule has 0 aliphatic heterocycles. The van der Waals surface area contributed by atoms with Crippen LogP contribution in [-0.2, 0) is 0 Å². The van der Waals surface area contributed by atoms with Crippen LogP contribution in [0.5, 0.6) is 0 Å². The Bertz CT molecular complexity index is 1140. The number of carbonyl (C=O) groups is 1. The van der Waals surface area contributed by atoms with Gasteiger partial charge in [0.2, 0.25) is 0 Å². The van der Waals surface area contributed by atoms with Crippen LogP contribution in [0.4, 0.5) is 10.1 Å². The number of hydrogen-bond donors (Lipinski definition) is 2. The summed E-state index contributed by atoms with van der Waals surface area (Å²) in [6.07, 6.45) is 2.19. The van der Waals surface area contributed by atoms with Crippen molar-refractivity contribution >= 4 is 23.6 Å². The number of nitrogens with one attached hydrogen (secondary N) is 1. The quantitative estimate of drug-likeness (QED) is 0.489. The number of halogens is 1. The van der Waals surface area contributed by atoms with E-state index in [1.165, 1.54) is 24.1 Å². The topological polar surface area (TPSA) is 73.1 Å². The molecule has 6 heteroatoms. The Hall–Kier alpha value is -3.30. The zero-order chi connectivity index (χ0) is 20.4. The Balaban J connectivity index is 1.69. The second-order valence-electron chi connectivity index (χ2n) is 6.92. The zero-order valence-electron chi connectivity index (χ0n) is 15.4. The maximum atomic E-state index is 13.7. The molecule has 2 N–H and O–H groups in total. The van der Waals surface area contributed by atoms with E-state index in [1.54, 1.807) is 42.5 Å². The summed E-state index contributed by atoms with van der Waals surface area (Å²) < 4.78 is 17.0. The smallest absolute Gasteiger partial charge is 0.335 e. The predicted octanol–water partition coefficient (Wildman–Crippen LogP) is 6.06. The molecule has 0 heterocycles. The van der Waals surface area contributed by atoms with Gasteiger partial charge < -0.3 is 9.83 Å². The van der Waals surface area contributed by atoms with E-state index in [9.17, 15) is 19.6 Å². The Labute approximate surface area is 172 Å². The lowest BCUT2D eigenvalue weighted by atomic mass is 10.0. The first-order valence-corrected chi connectivity index (χ1v) is 9.97. The summed E-state index contributed by atoms with van der Waals surface area (Å²) in [5.41, 5.74) is 3.96. The van der Waals surface area contributed by atoms with Gasteiger partial charge in [-0.25, -0.2) is 9.18 Å². The number of carboxylic acid groups (broad SMARTS) is 1. The fourth-order valence-electron chi connectivity index (χ4n) is 3.20. The van der Waals surface area contributed by atoms with E-state index in [1.807, 2.05) is 6.07 Å². The third kappa shape index (κ3) is 4.25. The van der Waals surface area contributed by atoms with Crippen molar-refractivity contribution in [3.05, 3.63) is 83.2 Å². The molecule has 0 amide bonds. The molecule has 1 fully saturated rings. The lowest BCUT2D eigenvalue weighted by Gasteiger charge is -2.15. The number of benzene rings is 3. The molecule has 0 saturated heterocycles. The zero-order valence-corrected chi connectivity index (χ0v) is 16.2. The van der Waals surface area contributed by atoms with Crippen LogP contribution < -0.4 is 4.72 Å². The second-order valence-corrected chi connectivity index (χ2v) is 7.77. The molecule has 29 heavy (non-hydrogen) atoms. The molecule has 0 spiro atoms. The number of anilines is 1. The maximum Gasteiger partial charge on any atom is 0.335 e. The van der Waals surface area contributed by atoms with Crippen LogP contribution in [0.25, 0.3) is 11.1 Å². The average molecular weight is 404 g/mol. The van der Waals surface area contributed by atoms with Gasteiger partial charge in [-0.05, 0) is 78.2 Å². The molecule has 0 bridgehead atoms. The number of hydrogen-bond acceptors (Lipinski definition) is 4. The number of rotatable bonds is 6. The summed E-state index contributed by atoms with van der Waals surface area (Å²) in [4.78, 5) is 12.2. The van der Waals surface area contributed by atoms with Crippen molar-refractivity contribution in [3.8, 4) is 17.2 Å². The first-order valence-electron chi connectivity index (χ1n) is 9.15. The minimum absolute atomic E-state index is 0.231. The van der Waals surface area contributed by atoms with Crippen molar-refractivity contribution in [3.63, 3.8) is 0 Å². The Kier molecular flexibility index (Phi) is 5.24. The molecule has 1 saturated carbocycles. The van der Waals surface area contributed by atoms with Crippen molar-refractivity contribution < 1.29 is 14.3 Å². The van der Waals surface area contributed by atoms with Crippen LogP contribution in [0.1, 0.15) is 40.2 Å². The monoisotopic (exact) mass is 404 g/mol. The van der Waals surface area contributed by atoms with Crippen LogP contribution in [-0.4, -0.2) is 11.1 Å². The Morgan fingerprint density at radius 3 is 2.66 bits per heavy atom. The number of nitrogens with zero attached hydrogens (tertiary/aromatic N) is 1. The highest BCUT2D eigenvalue weighted by Crippen LogP contribution is 2.45. The molecule has 0 unspecified atom stereocenters. The van der Waals surface area contributed by atoms with Crippen LogP contribution >= 0.6 is 11.9 Å². The summed E-state index contributed by atoms with van der Waals surface area (Å²) in [5, 5.41) is 18.6. The molecule has 1 aliphatic carbocycles. The van der Waals surface area contributed by atoms with Crippen LogP contribution in [0.2, 0.25) is 0 Å². The van der Waals surface area contributed by atoms with Gasteiger partial charge in [0.25, 0.3) is 0 Å². The summed E-state index contributed by atoms with van der Waals surface area (Å²) in [6.45, 7) is 0. The first-order chi connectivity index (χ1) is 14.0. The standard InChI is InChI=1S/C23H17FN2O2S/c24-18-3-1-2-16(11-18)19-8-4-14(13-25)10-21(19)26-29-22-12-17(23(27)28)7-9-20(22)15-5-6-15/h1-4,7-12,15,26H,5-6H2,(H,27,28). The summed E-state index contributed by atoms with van der Waals surface area (Å²) >= 11 is 1.32. The Morgan fingerprint density at radius 2 is 1.97 bits per heavy atom. The molecule has 4 nitrogen and oxygen atoms in total. The van der Waals surface area contributed by atoms with E-state index in [2.05, 4.69) is 10.8 Å². The van der Waals surface area contributed by atoms with E-state index in [0.717, 1.165) is 28.9 Å². The molecular weight excluding hydrogens is 387 g/mol. The van der Waals surface area contributed by atoms with Crippen molar-refractivity contribution in [2.75, 3.05) is 4.72 Å². The van der Waals surface area contributed by atoms with Gasteiger partial charge >= 0.3 is 5.97 Å². The van der Waals surface area contributed by atoms with Crippen LogP contribution in [0.15, 0.2) is 65.6 Å². The van der Waals surface area contributed by atoms with Crippen molar-refractivity contribution in [1.82, 2.24) is 0 Å². The summed E-state index contributed by atoms with van der Waals surface area (Å²) in [5.74, 6) is -0.855. The third-order valence-electron chi connectivity index (χ3n) is 4.83. The third-order valence-corrected chi connectivity index (χ3v) is 5.73. The normalized spacial score (nSPS) is 13.0. The van der Waals surface area contributed by atoms with Gasteiger partial charge in [-0.3, -0.25) is 0 Å². The van der Waals surface area contributed by atoms with Gasteiger partial charge in [0.05, 0.1) is 22.9 Å². The number of aromatic carboxylic acids is 1. The minimum atomic E-state index is -0.971. The van der Waals surface area contributed by atoms with Gasteiger partial charge in [-0.2, -0.15) is 5.26 Å². The lowest BCUT2D eigenvalue weighted by Crippen LogP contribution is -1.99. The minimum Gasteiger partial charge on any atom is -0.478 e. The SMILES string of the molecule is N#Cc1ccc(-c2cccc(F)c2)c(NSc2cc(C(=O)O)ccc2C2CC2)c1. The highest BCUT2D eigenvalue weighted by Gasteiger charge is 2.27. The van der Waals surface area contributed by atoms with E-state index in [-0.39, 0.29) is 11.4 Å². The summed E-state index contributed by atoms with van der Waals surface area (Å²) in [7, 11) is 0. The van der Waals surface area contributed by atoms with E-state index in [4.69, 9.17) is 0 Å². The van der Waals surface area contributed by atoms with Crippen LogP contribution in [0.3, 0.4) is 0 Å². The largest absolute Gasteiger partial charge is 0.478 e. The molecule has 0 radical (unpaired) electrons. The highest BCUT2D eigenvalue weighted by molar-refractivity contribution is 8.00. The van der Waals surface area contributed by atoms with E-state index >= 15 is 0 Å². The first kappa shape index (κ1) is 19.0. The number of nitriles is 1. The fourth-order valence-corrected chi connectivity index (χ4v) is 4.13. The number of carboxylic acids is 1. The van der Waals surface area contributed by atoms with Crippen molar-refractivity contribution in [2.24, 2.45) is 0 Å². The lowest BCUT2D eigenvalue weighted by molar-refractivity contribution is 0.0696.